The van der Waals surface area contributed by atoms with Crippen LogP contribution in [0.4, 0.5) is 5.69 Å². The van der Waals surface area contributed by atoms with Gasteiger partial charge in [-0.2, -0.15) is 0 Å². The number of ether oxygens (including phenoxy) is 1. The highest BCUT2D eigenvalue weighted by Crippen LogP contribution is 2.31. The van der Waals surface area contributed by atoms with Crippen molar-refractivity contribution in [2.24, 2.45) is 0 Å². The molecule has 1 unspecified atom stereocenters. The van der Waals surface area contributed by atoms with Crippen molar-refractivity contribution >= 4 is 5.69 Å². The molecule has 0 bridgehead atoms. The first-order valence-corrected chi connectivity index (χ1v) is 9.10. The molecule has 26 heavy (non-hydrogen) atoms. The van der Waals surface area contributed by atoms with Crippen molar-refractivity contribution in [2.45, 2.75) is 19.1 Å². The van der Waals surface area contributed by atoms with Gasteiger partial charge >= 0.3 is 0 Å². The summed E-state index contributed by atoms with van der Waals surface area (Å²) in [4.78, 5) is 0. The first-order valence-electron chi connectivity index (χ1n) is 9.10. The topological polar surface area (TPSA) is 33.3 Å². The normalized spacial score (nSPS) is 11.7. The fourth-order valence-corrected chi connectivity index (χ4v) is 2.90. The average molecular weight is 346 g/mol. The zero-order chi connectivity index (χ0) is 18.0. The molecule has 3 nitrogen and oxygen atoms in total. The Bertz CT molecular complexity index is 774. The summed E-state index contributed by atoms with van der Waals surface area (Å²) in [6.45, 7) is 1.67. The molecule has 0 aliphatic heterocycles. The second-order valence-electron chi connectivity index (χ2n) is 6.24. The number of benzene rings is 3. The summed E-state index contributed by atoms with van der Waals surface area (Å²) in [6, 6.07) is 28.9. The molecule has 0 aromatic heterocycles. The molecule has 2 N–H and O–H groups in total. The lowest BCUT2D eigenvalue weighted by Gasteiger charge is -2.22. The maximum absolute atomic E-state index is 6.42. The molecule has 0 saturated heterocycles. The number of para-hydroxylation sites is 2. The summed E-state index contributed by atoms with van der Waals surface area (Å²) >= 11 is 0. The van der Waals surface area contributed by atoms with Crippen molar-refractivity contribution in [3.8, 4) is 5.75 Å². The lowest BCUT2D eigenvalue weighted by atomic mass is 10.1. The fourth-order valence-electron chi connectivity index (χ4n) is 2.90. The van der Waals surface area contributed by atoms with Crippen LogP contribution in [0.25, 0.3) is 0 Å². The Balaban J connectivity index is 1.74. The van der Waals surface area contributed by atoms with Gasteiger partial charge in [-0.3, -0.25) is 0 Å². The smallest absolute Gasteiger partial charge is 0.143 e. The summed E-state index contributed by atoms with van der Waals surface area (Å²) < 4.78 is 6.42. The molecule has 0 heterocycles. The van der Waals surface area contributed by atoms with Gasteiger partial charge in [0.05, 0.1) is 5.69 Å². The monoisotopic (exact) mass is 346 g/mol. The van der Waals surface area contributed by atoms with Crippen LogP contribution in [0, 0.1) is 0 Å². The molecule has 3 heteroatoms. The molecule has 0 radical (unpaired) electrons. The minimum absolute atomic E-state index is 0.0170. The molecule has 1 atom stereocenters. The number of nitrogens with one attached hydrogen (secondary N) is 2. The van der Waals surface area contributed by atoms with Crippen LogP contribution in [0.3, 0.4) is 0 Å². The van der Waals surface area contributed by atoms with Crippen molar-refractivity contribution in [1.82, 2.24) is 5.32 Å². The Hall–Kier alpha value is -2.78. The maximum atomic E-state index is 6.42. The summed E-state index contributed by atoms with van der Waals surface area (Å²) in [5, 5.41) is 6.72. The van der Waals surface area contributed by atoms with Crippen LogP contribution in [0.5, 0.6) is 5.75 Å². The van der Waals surface area contributed by atoms with Gasteiger partial charge in [0, 0.05) is 13.0 Å². The van der Waals surface area contributed by atoms with E-state index in [0.29, 0.717) is 0 Å². The van der Waals surface area contributed by atoms with Crippen molar-refractivity contribution in [1.29, 1.82) is 0 Å². The Morgan fingerprint density at radius 2 is 1.46 bits per heavy atom. The van der Waals surface area contributed by atoms with E-state index in [9.17, 15) is 0 Å². The summed E-state index contributed by atoms with van der Waals surface area (Å²) in [7, 11) is 1.97. The highest BCUT2D eigenvalue weighted by Gasteiger charge is 2.14. The van der Waals surface area contributed by atoms with Gasteiger partial charge in [0.2, 0.25) is 0 Å². The highest BCUT2D eigenvalue weighted by molar-refractivity contribution is 5.56. The van der Waals surface area contributed by atoms with E-state index in [1.165, 1.54) is 11.1 Å². The average Bonchev–Trinajstić information content (AvgIpc) is 2.71. The Labute approximate surface area is 156 Å². The predicted molar refractivity (Wildman–Crippen MR) is 109 cm³/mol. The minimum Gasteiger partial charge on any atom is -0.484 e. The van der Waals surface area contributed by atoms with Crippen molar-refractivity contribution in [3.05, 3.63) is 96.1 Å². The first kappa shape index (κ1) is 18.0. The lowest BCUT2D eigenvalue weighted by molar-refractivity contribution is 0.196. The fraction of sp³-hybridized carbons (Fsp3) is 0.217. The molecule has 0 fully saturated rings. The van der Waals surface area contributed by atoms with Crippen LogP contribution >= 0.6 is 0 Å². The quantitative estimate of drug-likeness (QED) is 0.570. The summed E-state index contributed by atoms with van der Waals surface area (Å²) in [5.41, 5.74) is 3.46. The van der Waals surface area contributed by atoms with E-state index in [0.717, 1.165) is 30.9 Å². The second-order valence-corrected chi connectivity index (χ2v) is 6.24. The number of anilines is 1. The van der Waals surface area contributed by atoms with E-state index in [1.807, 2.05) is 37.4 Å². The van der Waals surface area contributed by atoms with Gasteiger partial charge in [0.1, 0.15) is 11.9 Å². The van der Waals surface area contributed by atoms with Crippen LogP contribution < -0.4 is 15.4 Å². The third-order valence-corrected chi connectivity index (χ3v) is 4.31. The molecule has 0 amide bonds. The van der Waals surface area contributed by atoms with E-state index in [1.54, 1.807) is 0 Å². The highest BCUT2D eigenvalue weighted by atomic mass is 16.5. The van der Waals surface area contributed by atoms with Crippen LogP contribution in [-0.2, 0) is 6.54 Å². The van der Waals surface area contributed by atoms with E-state index in [2.05, 4.69) is 65.2 Å². The molecule has 0 spiro atoms. The van der Waals surface area contributed by atoms with Crippen molar-refractivity contribution in [2.75, 3.05) is 18.9 Å². The second kappa shape index (κ2) is 9.64. The first-order chi connectivity index (χ1) is 12.9. The molecule has 3 rings (SSSR count). The zero-order valence-corrected chi connectivity index (χ0v) is 15.2. The molecule has 3 aromatic carbocycles. The van der Waals surface area contributed by atoms with Crippen LogP contribution in [0.1, 0.15) is 23.7 Å². The van der Waals surface area contributed by atoms with Crippen LogP contribution in [0.2, 0.25) is 0 Å². The SMILES string of the molecule is CNCCC(Oc1ccccc1NCc1ccccc1)c1ccccc1. The number of hydrogen-bond donors (Lipinski definition) is 2. The predicted octanol–water partition coefficient (Wildman–Crippen LogP) is 5.03. The lowest BCUT2D eigenvalue weighted by Crippen LogP contribution is -2.16. The molecule has 0 saturated carbocycles. The summed E-state index contributed by atoms with van der Waals surface area (Å²) in [5.74, 6) is 0.883. The van der Waals surface area contributed by atoms with E-state index >= 15 is 0 Å². The summed E-state index contributed by atoms with van der Waals surface area (Å²) in [6.07, 6.45) is 0.927. The molecule has 0 aliphatic carbocycles. The van der Waals surface area contributed by atoms with E-state index < -0.39 is 0 Å². The van der Waals surface area contributed by atoms with E-state index in [4.69, 9.17) is 4.74 Å². The Kier molecular flexibility index (Phi) is 6.68. The third-order valence-electron chi connectivity index (χ3n) is 4.31. The van der Waals surface area contributed by atoms with Gasteiger partial charge < -0.3 is 15.4 Å². The van der Waals surface area contributed by atoms with Crippen molar-refractivity contribution < 1.29 is 4.74 Å². The van der Waals surface area contributed by atoms with Crippen LogP contribution in [-0.4, -0.2) is 13.6 Å². The van der Waals surface area contributed by atoms with Crippen molar-refractivity contribution in [3.63, 3.8) is 0 Å². The minimum atomic E-state index is 0.0170. The molecule has 134 valence electrons. The molecule has 0 aliphatic rings. The van der Waals surface area contributed by atoms with Gasteiger partial charge in [-0.15, -0.1) is 0 Å². The third kappa shape index (κ3) is 5.11. The van der Waals surface area contributed by atoms with Crippen LogP contribution in [0.15, 0.2) is 84.9 Å². The van der Waals surface area contributed by atoms with Gasteiger partial charge in [0.15, 0.2) is 0 Å². The maximum Gasteiger partial charge on any atom is 0.143 e. The van der Waals surface area contributed by atoms with Gasteiger partial charge in [-0.05, 0) is 36.9 Å². The van der Waals surface area contributed by atoms with E-state index in [-0.39, 0.29) is 6.10 Å². The largest absolute Gasteiger partial charge is 0.484 e. The Morgan fingerprint density at radius 3 is 2.19 bits per heavy atom. The molecule has 3 aromatic rings. The van der Waals surface area contributed by atoms with Gasteiger partial charge in [-0.1, -0.05) is 72.8 Å². The number of hydrogen-bond acceptors (Lipinski definition) is 3. The van der Waals surface area contributed by atoms with Gasteiger partial charge in [0.25, 0.3) is 0 Å². The molecular weight excluding hydrogens is 320 g/mol. The molecular formula is C23H26N2O. The Morgan fingerprint density at radius 1 is 0.808 bits per heavy atom. The van der Waals surface area contributed by atoms with Gasteiger partial charge in [-0.25, -0.2) is 0 Å². The number of rotatable bonds is 9. The standard InChI is InChI=1S/C23H26N2O/c1-24-17-16-22(20-12-6-3-7-13-20)26-23-15-9-8-14-21(23)25-18-19-10-4-2-5-11-19/h2-15,22,24-25H,16-18H2,1H3. The zero-order valence-electron chi connectivity index (χ0n) is 15.2.